The fourth-order valence-corrected chi connectivity index (χ4v) is 3.15. The highest BCUT2D eigenvalue weighted by Crippen LogP contribution is 2.25. The molecule has 98 valence electrons. The van der Waals surface area contributed by atoms with Gasteiger partial charge in [-0.2, -0.15) is 5.10 Å². The van der Waals surface area contributed by atoms with E-state index in [1.807, 2.05) is 29.9 Å². The van der Waals surface area contributed by atoms with E-state index in [1.54, 1.807) is 11.3 Å². The smallest absolute Gasteiger partial charge is 0.0723 e. The lowest BCUT2D eigenvalue weighted by molar-refractivity contribution is 0.551. The highest BCUT2D eigenvalue weighted by molar-refractivity contribution is 7.10. The molecule has 2 heterocycles. The van der Waals surface area contributed by atoms with Crippen molar-refractivity contribution < 1.29 is 0 Å². The van der Waals surface area contributed by atoms with Crippen LogP contribution in [0.2, 0.25) is 0 Å². The maximum absolute atomic E-state index is 5.68. The maximum atomic E-state index is 5.68. The molecule has 0 saturated carbocycles. The third-order valence-electron chi connectivity index (χ3n) is 3.32. The summed E-state index contributed by atoms with van der Waals surface area (Å²) in [5.41, 5.74) is 5.12. The average Bonchev–Trinajstić information content (AvgIpc) is 3.06. The van der Waals surface area contributed by atoms with Gasteiger partial charge in [-0.15, -0.1) is 11.3 Å². The molecule has 0 aliphatic rings. The number of aryl methyl sites for hydroxylation is 1. The van der Waals surface area contributed by atoms with E-state index in [2.05, 4.69) is 34.1 Å². The van der Waals surface area contributed by atoms with Crippen molar-refractivity contribution in [2.75, 3.05) is 0 Å². The summed E-state index contributed by atoms with van der Waals surface area (Å²) in [4.78, 5) is 1.23. The van der Waals surface area contributed by atoms with Gasteiger partial charge in [0.15, 0.2) is 0 Å². The number of para-hydroxylation sites is 1. The first-order valence-corrected chi connectivity index (χ1v) is 7.07. The van der Waals surface area contributed by atoms with E-state index >= 15 is 0 Å². The normalized spacial score (nSPS) is 12.9. The van der Waals surface area contributed by atoms with Crippen molar-refractivity contribution in [2.45, 2.75) is 12.5 Å². The first-order valence-electron chi connectivity index (χ1n) is 6.19. The summed E-state index contributed by atoms with van der Waals surface area (Å²) >= 11 is 1.71. The van der Waals surface area contributed by atoms with Gasteiger partial charge in [0.25, 0.3) is 0 Å². The molecule has 0 bridgehead atoms. The van der Waals surface area contributed by atoms with Gasteiger partial charge in [-0.1, -0.05) is 24.3 Å². The lowest BCUT2D eigenvalue weighted by atomic mass is 10.1. The molecule has 3 rings (SSSR count). The summed E-state index contributed by atoms with van der Waals surface area (Å²) in [6.07, 6.45) is 0.790. The molecule has 3 aromatic rings. The number of nitrogens with one attached hydrogen (secondary N) is 1. The van der Waals surface area contributed by atoms with Gasteiger partial charge in [-0.3, -0.25) is 16.0 Å². The molecule has 0 spiro atoms. The van der Waals surface area contributed by atoms with Crippen molar-refractivity contribution in [1.82, 2.24) is 15.2 Å². The number of hydrogen-bond acceptors (Lipinski definition) is 4. The van der Waals surface area contributed by atoms with Gasteiger partial charge >= 0.3 is 0 Å². The Morgan fingerprint density at radius 2 is 2.16 bits per heavy atom. The average molecular weight is 272 g/mol. The van der Waals surface area contributed by atoms with Crippen molar-refractivity contribution in [2.24, 2.45) is 12.9 Å². The van der Waals surface area contributed by atoms with E-state index in [0.717, 1.165) is 17.6 Å². The zero-order valence-electron chi connectivity index (χ0n) is 10.7. The third-order valence-corrected chi connectivity index (χ3v) is 4.31. The Morgan fingerprint density at radius 3 is 2.89 bits per heavy atom. The fraction of sp³-hybridized carbons (Fsp3) is 0.214. The zero-order valence-corrected chi connectivity index (χ0v) is 11.5. The van der Waals surface area contributed by atoms with Crippen molar-refractivity contribution in [3.05, 3.63) is 52.3 Å². The summed E-state index contributed by atoms with van der Waals surface area (Å²) in [6, 6.07) is 12.5. The van der Waals surface area contributed by atoms with Crippen molar-refractivity contribution >= 4 is 22.2 Å². The Hall–Kier alpha value is -1.69. The molecule has 5 heteroatoms. The van der Waals surface area contributed by atoms with E-state index < -0.39 is 0 Å². The second-order valence-electron chi connectivity index (χ2n) is 4.53. The molecular formula is C14H16N4S. The molecule has 3 N–H and O–H groups in total. The number of fused-ring (bicyclic) bond motifs is 1. The summed E-state index contributed by atoms with van der Waals surface area (Å²) in [5.74, 6) is 5.68. The first-order chi connectivity index (χ1) is 9.29. The second-order valence-corrected chi connectivity index (χ2v) is 5.51. The van der Waals surface area contributed by atoms with Gasteiger partial charge in [-0.05, 0) is 17.5 Å². The lowest BCUT2D eigenvalue weighted by Gasteiger charge is -2.12. The maximum Gasteiger partial charge on any atom is 0.0723 e. The SMILES string of the molecule is Cn1nc(CC(NN)c2cccs2)c2ccccc21. The quantitative estimate of drug-likeness (QED) is 0.566. The van der Waals surface area contributed by atoms with Gasteiger partial charge in [0, 0.05) is 23.7 Å². The van der Waals surface area contributed by atoms with Gasteiger partial charge in [0.05, 0.1) is 17.3 Å². The van der Waals surface area contributed by atoms with E-state index in [-0.39, 0.29) is 6.04 Å². The van der Waals surface area contributed by atoms with Crippen molar-refractivity contribution in [1.29, 1.82) is 0 Å². The van der Waals surface area contributed by atoms with Crippen LogP contribution in [0, 0.1) is 0 Å². The minimum absolute atomic E-state index is 0.110. The highest BCUT2D eigenvalue weighted by Gasteiger charge is 2.16. The van der Waals surface area contributed by atoms with E-state index in [1.165, 1.54) is 10.3 Å². The van der Waals surface area contributed by atoms with E-state index in [4.69, 9.17) is 5.84 Å². The van der Waals surface area contributed by atoms with Crippen LogP contribution in [0.15, 0.2) is 41.8 Å². The Balaban J connectivity index is 1.97. The fourth-order valence-electron chi connectivity index (χ4n) is 2.36. The first kappa shape index (κ1) is 12.3. The number of rotatable bonds is 4. The minimum Gasteiger partial charge on any atom is -0.271 e. The van der Waals surface area contributed by atoms with Crippen LogP contribution in [0.5, 0.6) is 0 Å². The topological polar surface area (TPSA) is 55.9 Å². The number of hydrogen-bond donors (Lipinski definition) is 2. The van der Waals surface area contributed by atoms with Crippen molar-refractivity contribution in [3.63, 3.8) is 0 Å². The number of hydrazine groups is 1. The molecule has 0 saturated heterocycles. The molecule has 1 atom stereocenters. The Morgan fingerprint density at radius 1 is 1.32 bits per heavy atom. The standard InChI is InChI=1S/C14H16N4S/c1-18-13-6-3-2-5-10(13)11(17-18)9-12(16-15)14-7-4-8-19-14/h2-8,12,16H,9,15H2,1H3. The van der Waals surface area contributed by atoms with Crippen LogP contribution < -0.4 is 11.3 Å². The van der Waals surface area contributed by atoms with Gasteiger partial charge < -0.3 is 0 Å². The summed E-state index contributed by atoms with van der Waals surface area (Å²) < 4.78 is 1.92. The van der Waals surface area contributed by atoms with Crippen LogP contribution in [0.4, 0.5) is 0 Å². The molecule has 1 unspecified atom stereocenters. The number of aromatic nitrogens is 2. The van der Waals surface area contributed by atoms with Crippen LogP contribution in [0.25, 0.3) is 10.9 Å². The molecule has 0 amide bonds. The van der Waals surface area contributed by atoms with Crippen LogP contribution in [0.1, 0.15) is 16.6 Å². The summed E-state index contributed by atoms with van der Waals surface area (Å²) in [7, 11) is 1.97. The molecule has 19 heavy (non-hydrogen) atoms. The molecule has 1 aromatic carbocycles. The van der Waals surface area contributed by atoms with Gasteiger partial charge in [0.1, 0.15) is 0 Å². The van der Waals surface area contributed by atoms with Crippen LogP contribution in [0.3, 0.4) is 0 Å². The Labute approximate surface area is 115 Å². The van der Waals surface area contributed by atoms with E-state index in [0.29, 0.717) is 0 Å². The monoisotopic (exact) mass is 272 g/mol. The number of benzene rings is 1. The molecule has 0 aliphatic heterocycles. The van der Waals surface area contributed by atoms with E-state index in [9.17, 15) is 0 Å². The van der Waals surface area contributed by atoms with Gasteiger partial charge in [0.2, 0.25) is 0 Å². The molecule has 2 aromatic heterocycles. The van der Waals surface area contributed by atoms with Crippen LogP contribution >= 0.6 is 11.3 Å². The minimum atomic E-state index is 0.110. The molecule has 4 nitrogen and oxygen atoms in total. The lowest BCUT2D eigenvalue weighted by Crippen LogP contribution is -2.29. The predicted octanol–water partition coefficient (Wildman–Crippen LogP) is 2.38. The molecule has 0 fully saturated rings. The van der Waals surface area contributed by atoms with Crippen LogP contribution in [-0.2, 0) is 13.5 Å². The van der Waals surface area contributed by atoms with Crippen molar-refractivity contribution in [3.8, 4) is 0 Å². The number of nitrogens with two attached hydrogens (primary N) is 1. The second kappa shape index (κ2) is 5.13. The number of nitrogens with zero attached hydrogens (tertiary/aromatic N) is 2. The van der Waals surface area contributed by atoms with Crippen LogP contribution in [-0.4, -0.2) is 9.78 Å². The molecular weight excluding hydrogens is 256 g/mol. The molecule has 0 radical (unpaired) electrons. The Bertz CT molecular complexity index is 672. The summed E-state index contributed by atoms with van der Waals surface area (Å²) in [5, 5.41) is 7.87. The largest absolute Gasteiger partial charge is 0.271 e. The Kier molecular flexibility index (Phi) is 3.33. The summed E-state index contributed by atoms with van der Waals surface area (Å²) in [6.45, 7) is 0. The highest BCUT2D eigenvalue weighted by atomic mass is 32.1. The zero-order chi connectivity index (χ0) is 13.2. The van der Waals surface area contributed by atoms with Gasteiger partial charge in [-0.25, -0.2) is 0 Å². The number of thiophene rings is 1. The predicted molar refractivity (Wildman–Crippen MR) is 78.8 cm³/mol. The third kappa shape index (κ3) is 2.28. The molecule has 0 aliphatic carbocycles.